The summed E-state index contributed by atoms with van der Waals surface area (Å²) in [6.07, 6.45) is -0.463. The van der Waals surface area contributed by atoms with E-state index in [9.17, 15) is 4.39 Å². The van der Waals surface area contributed by atoms with Crippen LogP contribution in [0.2, 0.25) is 0 Å². The van der Waals surface area contributed by atoms with Crippen molar-refractivity contribution in [3.63, 3.8) is 0 Å². The van der Waals surface area contributed by atoms with Gasteiger partial charge in [0, 0.05) is 6.54 Å². The van der Waals surface area contributed by atoms with Crippen molar-refractivity contribution in [2.45, 2.75) is 13.0 Å². The van der Waals surface area contributed by atoms with Crippen molar-refractivity contribution >= 4 is 5.82 Å². The van der Waals surface area contributed by atoms with Gasteiger partial charge in [-0.25, -0.2) is 4.98 Å². The molecular weight excluding hydrogens is 159 g/mol. The van der Waals surface area contributed by atoms with Crippen LogP contribution in [0.5, 0.6) is 0 Å². The highest BCUT2D eigenvalue weighted by molar-refractivity contribution is 5.33. The number of rotatable bonds is 3. The van der Waals surface area contributed by atoms with Crippen molar-refractivity contribution < 1.29 is 9.50 Å². The van der Waals surface area contributed by atoms with Crippen LogP contribution in [-0.4, -0.2) is 22.7 Å². The van der Waals surface area contributed by atoms with Crippen molar-refractivity contribution in [1.82, 2.24) is 4.98 Å². The first-order valence-corrected chi connectivity index (χ1v) is 3.73. The Morgan fingerprint density at radius 3 is 3.00 bits per heavy atom. The summed E-state index contributed by atoms with van der Waals surface area (Å²) in [4.78, 5) is 3.56. The molecule has 12 heavy (non-hydrogen) atoms. The zero-order valence-electron chi connectivity index (χ0n) is 6.79. The fraction of sp³-hybridized carbons (Fsp3) is 0.375. The van der Waals surface area contributed by atoms with E-state index >= 15 is 0 Å². The van der Waals surface area contributed by atoms with Gasteiger partial charge in [-0.2, -0.15) is 4.39 Å². The lowest BCUT2D eigenvalue weighted by Gasteiger charge is -2.06. The maximum atomic E-state index is 12.5. The Morgan fingerprint density at radius 2 is 2.42 bits per heavy atom. The fourth-order valence-corrected chi connectivity index (χ4v) is 0.759. The average molecular weight is 170 g/mol. The molecule has 0 fully saturated rings. The van der Waals surface area contributed by atoms with Gasteiger partial charge in [0.2, 0.25) is 5.95 Å². The number of aliphatic hydroxyl groups excluding tert-OH is 1. The lowest BCUT2D eigenvalue weighted by molar-refractivity contribution is 0.208. The molecule has 1 atom stereocenters. The molecule has 1 aromatic rings. The van der Waals surface area contributed by atoms with Gasteiger partial charge in [-0.1, -0.05) is 6.07 Å². The minimum absolute atomic E-state index is 0.371. The van der Waals surface area contributed by atoms with Crippen molar-refractivity contribution in [1.29, 1.82) is 0 Å². The Kier molecular flexibility index (Phi) is 2.99. The van der Waals surface area contributed by atoms with Crippen LogP contribution >= 0.6 is 0 Å². The molecule has 1 aromatic heterocycles. The standard InChI is InChI=1S/C8H11FN2O/c1-6(12)5-10-8-4-2-3-7(9)11-8/h2-4,6,12H,5H2,1H3,(H,10,11)/t6-/m0/s1. The number of aromatic nitrogens is 1. The van der Waals surface area contributed by atoms with E-state index in [1.165, 1.54) is 6.07 Å². The lowest BCUT2D eigenvalue weighted by Crippen LogP contribution is -2.16. The van der Waals surface area contributed by atoms with Gasteiger partial charge in [-0.15, -0.1) is 0 Å². The molecule has 0 spiro atoms. The molecule has 0 unspecified atom stereocenters. The van der Waals surface area contributed by atoms with Crippen LogP contribution in [0.3, 0.4) is 0 Å². The second-order valence-electron chi connectivity index (χ2n) is 2.58. The molecule has 66 valence electrons. The van der Waals surface area contributed by atoms with Crippen LogP contribution < -0.4 is 5.32 Å². The Bertz CT molecular complexity index is 253. The summed E-state index contributed by atoms with van der Waals surface area (Å²) in [6, 6.07) is 4.48. The normalized spacial score (nSPS) is 12.6. The summed E-state index contributed by atoms with van der Waals surface area (Å²) in [5.41, 5.74) is 0. The highest BCUT2D eigenvalue weighted by atomic mass is 19.1. The van der Waals surface area contributed by atoms with E-state index in [4.69, 9.17) is 5.11 Å². The third-order valence-corrected chi connectivity index (χ3v) is 1.29. The lowest BCUT2D eigenvalue weighted by atomic mass is 10.4. The molecule has 0 radical (unpaired) electrons. The molecule has 0 amide bonds. The molecule has 0 saturated heterocycles. The fourth-order valence-electron chi connectivity index (χ4n) is 0.759. The van der Waals surface area contributed by atoms with E-state index in [2.05, 4.69) is 10.3 Å². The Balaban J connectivity index is 2.52. The third kappa shape index (κ3) is 2.84. The molecule has 0 aliphatic rings. The van der Waals surface area contributed by atoms with E-state index in [0.717, 1.165) is 0 Å². The molecule has 2 N–H and O–H groups in total. The smallest absolute Gasteiger partial charge is 0.214 e. The first kappa shape index (κ1) is 8.93. The Hall–Kier alpha value is -1.16. The molecule has 4 heteroatoms. The van der Waals surface area contributed by atoms with Gasteiger partial charge in [0.15, 0.2) is 0 Å². The van der Waals surface area contributed by atoms with E-state index in [1.807, 2.05) is 0 Å². The van der Waals surface area contributed by atoms with Crippen LogP contribution in [0.4, 0.5) is 10.2 Å². The number of halogens is 1. The van der Waals surface area contributed by atoms with E-state index in [0.29, 0.717) is 12.4 Å². The maximum Gasteiger partial charge on any atom is 0.214 e. The number of anilines is 1. The summed E-state index contributed by atoms with van der Waals surface area (Å²) in [5, 5.41) is 11.7. The molecular formula is C8H11FN2O. The summed E-state index contributed by atoms with van der Waals surface area (Å²) >= 11 is 0. The largest absolute Gasteiger partial charge is 0.392 e. The predicted octanol–water partition coefficient (Wildman–Crippen LogP) is 1.01. The van der Waals surface area contributed by atoms with Crippen LogP contribution in [0.15, 0.2) is 18.2 Å². The quantitative estimate of drug-likeness (QED) is 0.665. The van der Waals surface area contributed by atoms with Gasteiger partial charge in [0.25, 0.3) is 0 Å². The van der Waals surface area contributed by atoms with Crippen molar-refractivity contribution in [2.24, 2.45) is 0 Å². The number of hydrogen-bond donors (Lipinski definition) is 2. The summed E-state index contributed by atoms with van der Waals surface area (Å²) in [5.74, 6) is -0.0820. The van der Waals surface area contributed by atoms with Gasteiger partial charge >= 0.3 is 0 Å². The first-order valence-electron chi connectivity index (χ1n) is 3.73. The van der Waals surface area contributed by atoms with Gasteiger partial charge in [-0.3, -0.25) is 0 Å². The van der Waals surface area contributed by atoms with Crippen LogP contribution in [0.1, 0.15) is 6.92 Å². The van der Waals surface area contributed by atoms with E-state index < -0.39 is 12.1 Å². The Labute approximate surface area is 70.3 Å². The molecule has 0 bridgehead atoms. The van der Waals surface area contributed by atoms with Crippen LogP contribution in [-0.2, 0) is 0 Å². The van der Waals surface area contributed by atoms with Crippen LogP contribution in [0, 0.1) is 5.95 Å². The first-order chi connectivity index (χ1) is 5.68. The average Bonchev–Trinajstić information content (AvgIpc) is 2.01. The zero-order valence-corrected chi connectivity index (χ0v) is 6.79. The number of aliphatic hydroxyl groups is 1. The maximum absolute atomic E-state index is 12.5. The summed E-state index contributed by atoms with van der Waals surface area (Å²) in [7, 11) is 0. The second kappa shape index (κ2) is 4.01. The minimum atomic E-state index is -0.523. The number of pyridine rings is 1. The van der Waals surface area contributed by atoms with Gasteiger partial charge in [-0.05, 0) is 19.1 Å². The van der Waals surface area contributed by atoms with Gasteiger partial charge in [0.1, 0.15) is 5.82 Å². The van der Waals surface area contributed by atoms with Gasteiger partial charge in [0.05, 0.1) is 6.10 Å². The molecule has 0 aliphatic heterocycles. The number of hydrogen-bond acceptors (Lipinski definition) is 3. The number of nitrogens with zero attached hydrogens (tertiary/aromatic N) is 1. The number of nitrogens with one attached hydrogen (secondary N) is 1. The second-order valence-corrected chi connectivity index (χ2v) is 2.58. The summed E-state index contributed by atoms with van der Waals surface area (Å²) in [6.45, 7) is 2.02. The highest BCUT2D eigenvalue weighted by Gasteiger charge is 1.97. The minimum Gasteiger partial charge on any atom is -0.392 e. The van der Waals surface area contributed by atoms with Gasteiger partial charge < -0.3 is 10.4 Å². The third-order valence-electron chi connectivity index (χ3n) is 1.29. The SMILES string of the molecule is C[C@H](O)CNc1cccc(F)n1. The zero-order chi connectivity index (χ0) is 8.97. The van der Waals surface area contributed by atoms with Crippen molar-refractivity contribution in [2.75, 3.05) is 11.9 Å². The van der Waals surface area contributed by atoms with Crippen LogP contribution in [0.25, 0.3) is 0 Å². The molecule has 1 rings (SSSR count). The van der Waals surface area contributed by atoms with E-state index in [1.54, 1.807) is 19.1 Å². The summed E-state index contributed by atoms with van der Waals surface area (Å²) < 4.78 is 12.5. The molecule has 0 aliphatic carbocycles. The van der Waals surface area contributed by atoms with E-state index in [-0.39, 0.29) is 0 Å². The molecule has 3 nitrogen and oxygen atoms in total. The molecule has 0 saturated carbocycles. The monoisotopic (exact) mass is 170 g/mol. The van der Waals surface area contributed by atoms with Crippen molar-refractivity contribution in [3.05, 3.63) is 24.1 Å². The Morgan fingerprint density at radius 1 is 1.67 bits per heavy atom. The predicted molar refractivity (Wildman–Crippen MR) is 44.4 cm³/mol. The topological polar surface area (TPSA) is 45.1 Å². The highest BCUT2D eigenvalue weighted by Crippen LogP contribution is 2.02. The molecule has 0 aromatic carbocycles. The molecule has 1 heterocycles. The van der Waals surface area contributed by atoms with Crippen molar-refractivity contribution in [3.8, 4) is 0 Å².